The lowest BCUT2D eigenvalue weighted by atomic mass is 10.1. The highest BCUT2D eigenvalue weighted by Crippen LogP contribution is 2.52. The Bertz CT molecular complexity index is 506. The molecule has 1 fully saturated rings. The summed E-state index contributed by atoms with van der Waals surface area (Å²) in [5, 5.41) is 0. The van der Waals surface area contributed by atoms with Crippen LogP contribution in [0.5, 0.6) is 0 Å². The summed E-state index contributed by atoms with van der Waals surface area (Å²) in [6.45, 7) is -2.38. The van der Waals surface area contributed by atoms with Crippen molar-refractivity contribution in [3.8, 4) is 0 Å². The molecule has 0 spiro atoms. The third kappa shape index (κ3) is 4.91. The van der Waals surface area contributed by atoms with Crippen molar-refractivity contribution in [2.24, 2.45) is 0 Å². The van der Waals surface area contributed by atoms with E-state index in [1.165, 1.54) is 0 Å². The molecule has 1 aliphatic rings. The minimum Gasteiger partial charge on any atom is -0.147 e. The molecule has 1 saturated heterocycles. The number of halogens is 4. The second-order valence-electron chi connectivity index (χ2n) is 5.23. The highest BCUT2D eigenvalue weighted by Gasteiger charge is 2.53. The minimum absolute atomic E-state index is 0. The number of rotatable bonds is 1. The van der Waals surface area contributed by atoms with Crippen LogP contribution in [0, 0.1) is 0 Å². The van der Waals surface area contributed by atoms with Gasteiger partial charge < -0.3 is 0 Å². The first-order valence-electron chi connectivity index (χ1n) is 7.18. The fraction of sp³-hybridized carbons (Fsp3) is 0.294. The Morgan fingerprint density at radius 3 is 1.68 bits per heavy atom. The molecule has 2 aromatic carbocycles. The van der Waals surface area contributed by atoms with E-state index in [0.717, 1.165) is 30.9 Å². The van der Waals surface area contributed by atoms with Crippen LogP contribution in [0.15, 0.2) is 66.7 Å². The van der Waals surface area contributed by atoms with Crippen LogP contribution in [0.1, 0.15) is 24.8 Å². The Morgan fingerprint density at radius 1 is 0.773 bits per heavy atom. The van der Waals surface area contributed by atoms with Gasteiger partial charge in [-0.2, -0.15) is 0 Å². The van der Waals surface area contributed by atoms with E-state index in [2.05, 4.69) is 0 Å². The van der Waals surface area contributed by atoms with Gasteiger partial charge in [-0.3, -0.25) is 0 Å². The van der Waals surface area contributed by atoms with Gasteiger partial charge in [-0.25, -0.2) is 0 Å². The molecule has 1 heterocycles. The van der Waals surface area contributed by atoms with E-state index in [1.54, 1.807) is 0 Å². The molecule has 22 heavy (non-hydrogen) atoms. The summed E-state index contributed by atoms with van der Waals surface area (Å²) in [6, 6.07) is 22.9. The minimum atomic E-state index is -2.38. The van der Waals surface area contributed by atoms with Crippen LogP contribution in [0.25, 0.3) is 0 Å². The van der Waals surface area contributed by atoms with Gasteiger partial charge in [0.15, 0.2) is 0 Å². The fourth-order valence-corrected chi connectivity index (χ4v) is 7.33. The molecule has 0 aromatic heterocycles. The molecule has 1 unspecified atom stereocenters. The average Bonchev–Trinajstić information content (AvgIpc) is 2.53. The molecule has 0 aliphatic carbocycles. The smallest absolute Gasteiger partial charge is 0.147 e. The highest BCUT2D eigenvalue weighted by molar-refractivity contribution is 7.47. The van der Waals surface area contributed by atoms with Crippen LogP contribution in [0.4, 0.5) is 0 Å². The molecule has 120 valence electrons. The van der Waals surface area contributed by atoms with E-state index in [9.17, 15) is 0 Å². The quantitative estimate of drug-likeness (QED) is 0.281. The SMILES string of the molecule is Cl.ClC1(c2ccccc2)CCCC[Si]1(Cl)Cl.c1ccccc1. The van der Waals surface area contributed by atoms with Crippen molar-refractivity contribution >= 4 is 52.9 Å². The van der Waals surface area contributed by atoms with Crippen molar-refractivity contribution in [3.05, 3.63) is 72.3 Å². The number of alkyl halides is 1. The molecule has 3 rings (SSSR count). The van der Waals surface area contributed by atoms with Crippen LogP contribution < -0.4 is 0 Å². The van der Waals surface area contributed by atoms with Crippen molar-refractivity contribution in [2.75, 3.05) is 0 Å². The van der Waals surface area contributed by atoms with Gasteiger partial charge in [0.25, 0.3) is 6.69 Å². The second-order valence-corrected chi connectivity index (χ2v) is 13.4. The maximum atomic E-state index is 6.69. The van der Waals surface area contributed by atoms with Gasteiger partial charge in [0.2, 0.25) is 0 Å². The summed E-state index contributed by atoms with van der Waals surface area (Å²) in [5.74, 6) is 0. The van der Waals surface area contributed by atoms with Crippen molar-refractivity contribution < 1.29 is 0 Å². The summed E-state index contributed by atoms with van der Waals surface area (Å²) in [4.78, 5) is 0. The van der Waals surface area contributed by atoms with Crippen molar-refractivity contribution in [1.29, 1.82) is 0 Å². The van der Waals surface area contributed by atoms with E-state index < -0.39 is 11.2 Å². The molecule has 0 amide bonds. The van der Waals surface area contributed by atoms with Crippen LogP contribution in [0.2, 0.25) is 6.04 Å². The summed E-state index contributed by atoms with van der Waals surface area (Å²) >= 11 is 19.7. The maximum absolute atomic E-state index is 6.69. The third-order valence-corrected chi connectivity index (χ3v) is 11.4. The molecule has 0 nitrogen and oxygen atoms in total. The standard InChI is InChI=1S/C11H13Cl3Si.C6H6.ClH/c12-11(10-6-2-1-3-7-10)8-4-5-9-15(11,13)14;1-2-4-6-5-3-1;/h1-3,6-7H,4-5,8-9H2;1-6H;1H. The van der Waals surface area contributed by atoms with Crippen molar-refractivity contribution in [1.82, 2.24) is 0 Å². The predicted octanol–water partition coefficient (Wildman–Crippen LogP) is 6.87. The first kappa shape index (κ1) is 19.9. The summed E-state index contributed by atoms with van der Waals surface area (Å²) < 4.78 is -0.490. The number of hydrogen-bond acceptors (Lipinski definition) is 0. The van der Waals surface area contributed by atoms with Crippen molar-refractivity contribution in [3.63, 3.8) is 0 Å². The summed E-state index contributed by atoms with van der Waals surface area (Å²) in [5.41, 5.74) is 1.09. The first-order valence-corrected chi connectivity index (χ1v) is 11.8. The number of hydrogen-bond donors (Lipinski definition) is 0. The van der Waals surface area contributed by atoms with E-state index in [-0.39, 0.29) is 12.4 Å². The second kappa shape index (κ2) is 9.20. The van der Waals surface area contributed by atoms with Gasteiger partial charge >= 0.3 is 0 Å². The maximum Gasteiger partial charge on any atom is 0.275 e. The molecule has 2 aromatic rings. The average molecular weight is 394 g/mol. The summed E-state index contributed by atoms with van der Waals surface area (Å²) in [7, 11) is 0. The largest absolute Gasteiger partial charge is 0.275 e. The lowest BCUT2D eigenvalue weighted by Gasteiger charge is -2.40. The van der Waals surface area contributed by atoms with E-state index in [4.69, 9.17) is 33.8 Å². The summed E-state index contributed by atoms with van der Waals surface area (Å²) in [6.07, 6.45) is 3.13. The van der Waals surface area contributed by atoms with Gasteiger partial charge in [0, 0.05) is 0 Å². The molecule has 0 N–H and O–H groups in total. The monoisotopic (exact) mass is 392 g/mol. The zero-order chi connectivity index (χ0) is 15.2. The van der Waals surface area contributed by atoms with Gasteiger partial charge in [-0.15, -0.1) is 46.2 Å². The molecular weight excluding hydrogens is 374 g/mol. The van der Waals surface area contributed by atoms with Crippen LogP contribution in [-0.2, 0) is 4.50 Å². The van der Waals surface area contributed by atoms with Gasteiger partial charge in [0.05, 0.1) is 4.50 Å². The normalized spacial score (nSPS) is 22.7. The van der Waals surface area contributed by atoms with Crippen LogP contribution in [0.3, 0.4) is 0 Å². The lowest BCUT2D eigenvalue weighted by molar-refractivity contribution is 0.608. The zero-order valence-corrected chi connectivity index (χ0v) is 16.3. The Hall–Kier alpha value is -0.183. The Kier molecular flexibility index (Phi) is 8.30. The zero-order valence-electron chi connectivity index (χ0n) is 12.2. The predicted molar refractivity (Wildman–Crippen MR) is 104 cm³/mol. The lowest BCUT2D eigenvalue weighted by Crippen LogP contribution is -2.46. The van der Waals surface area contributed by atoms with Gasteiger partial charge in [-0.1, -0.05) is 79.6 Å². The highest BCUT2D eigenvalue weighted by atomic mass is 35.7. The van der Waals surface area contributed by atoms with Crippen molar-refractivity contribution in [2.45, 2.75) is 29.8 Å². The van der Waals surface area contributed by atoms with E-state index in [0.29, 0.717) is 0 Å². The number of benzene rings is 2. The molecule has 1 atom stereocenters. The van der Waals surface area contributed by atoms with E-state index >= 15 is 0 Å². The van der Waals surface area contributed by atoms with Crippen LogP contribution in [-0.4, -0.2) is 6.69 Å². The van der Waals surface area contributed by atoms with Crippen LogP contribution >= 0.6 is 46.2 Å². The van der Waals surface area contributed by atoms with E-state index in [1.807, 2.05) is 66.7 Å². The Morgan fingerprint density at radius 2 is 1.23 bits per heavy atom. The third-order valence-electron chi connectivity index (χ3n) is 3.74. The molecule has 0 bridgehead atoms. The Balaban J connectivity index is 0.000000293. The molecule has 1 aliphatic heterocycles. The molecule has 0 saturated carbocycles. The van der Waals surface area contributed by atoms with Gasteiger partial charge in [0.1, 0.15) is 0 Å². The molecule has 0 radical (unpaired) electrons. The topological polar surface area (TPSA) is 0 Å². The molecule has 5 heteroatoms. The fourth-order valence-electron chi connectivity index (χ4n) is 2.54. The molecular formula is C17H20Cl4Si. The first-order chi connectivity index (χ1) is 10.1. The van der Waals surface area contributed by atoms with Gasteiger partial charge in [-0.05, 0) is 18.0 Å². The Labute approximate surface area is 154 Å².